The molecule has 1 aromatic carbocycles. The summed E-state index contributed by atoms with van der Waals surface area (Å²) in [6, 6.07) is 6.76. The summed E-state index contributed by atoms with van der Waals surface area (Å²) in [5.41, 5.74) is 3.11. The lowest BCUT2D eigenvalue weighted by Gasteiger charge is -2.44. The Balaban J connectivity index is 1.38. The van der Waals surface area contributed by atoms with Gasteiger partial charge in [0.2, 0.25) is 0 Å². The van der Waals surface area contributed by atoms with Gasteiger partial charge >= 0.3 is 0 Å². The zero-order valence-corrected chi connectivity index (χ0v) is 15.9. The van der Waals surface area contributed by atoms with Crippen LogP contribution in [0.1, 0.15) is 63.0 Å². The fourth-order valence-corrected chi connectivity index (χ4v) is 6.00. The first kappa shape index (κ1) is 17.2. The zero-order valence-electron chi connectivity index (χ0n) is 15.9. The van der Waals surface area contributed by atoms with Crippen molar-refractivity contribution >= 4 is 0 Å². The molecule has 2 fully saturated rings. The van der Waals surface area contributed by atoms with Crippen LogP contribution in [-0.2, 0) is 12.8 Å². The molecule has 0 N–H and O–H groups in total. The molecule has 0 aliphatic heterocycles. The van der Waals surface area contributed by atoms with E-state index in [0.717, 1.165) is 35.3 Å². The summed E-state index contributed by atoms with van der Waals surface area (Å²) in [7, 11) is 0. The van der Waals surface area contributed by atoms with Crippen LogP contribution in [0.25, 0.3) is 0 Å². The van der Waals surface area contributed by atoms with Crippen molar-refractivity contribution in [2.45, 2.75) is 64.7 Å². The van der Waals surface area contributed by atoms with Gasteiger partial charge in [-0.3, -0.25) is 0 Å². The first-order chi connectivity index (χ1) is 12.2. The summed E-state index contributed by atoms with van der Waals surface area (Å²) >= 11 is 0. The SMILES string of the molecule is C=CCOc1ccc2c(c1)CCC(C1CCC3CC(C)CCC3C1)C2. The van der Waals surface area contributed by atoms with Crippen LogP contribution in [0.2, 0.25) is 0 Å². The summed E-state index contributed by atoms with van der Waals surface area (Å²) in [4.78, 5) is 0. The average molecular weight is 339 g/mol. The van der Waals surface area contributed by atoms with E-state index in [9.17, 15) is 0 Å². The molecule has 25 heavy (non-hydrogen) atoms. The van der Waals surface area contributed by atoms with Gasteiger partial charge in [0.15, 0.2) is 0 Å². The van der Waals surface area contributed by atoms with Gasteiger partial charge in [0, 0.05) is 0 Å². The van der Waals surface area contributed by atoms with Gasteiger partial charge in [-0.2, -0.15) is 0 Å². The maximum Gasteiger partial charge on any atom is 0.120 e. The van der Waals surface area contributed by atoms with E-state index in [1.165, 1.54) is 63.4 Å². The molecule has 0 aromatic heterocycles. The summed E-state index contributed by atoms with van der Waals surface area (Å²) in [5.74, 6) is 6.00. The predicted octanol–water partition coefficient (Wildman–Crippen LogP) is 6.21. The number of hydrogen-bond donors (Lipinski definition) is 0. The Morgan fingerprint density at radius 2 is 1.72 bits per heavy atom. The number of benzene rings is 1. The first-order valence-electron chi connectivity index (χ1n) is 10.6. The molecule has 5 atom stereocenters. The minimum Gasteiger partial charge on any atom is -0.490 e. The molecule has 0 bridgehead atoms. The van der Waals surface area contributed by atoms with Crippen LogP contribution in [0.5, 0.6) is 5.75 Å². The molecule has 3 aliphatic rings. The van der Waals surface area contributed by atoms with Crippen LogP contribution < -0.4 is 4.74 Å². The Morgan fingerprint density at radius 3 is 2.56 bits per heavy atom. The van der Waals surface area contributed by atoms with E-state index in [1.807, 2.05) is 6.08 Å². The topological polar surface area (TPSA) is 9.23 Å². The Hall–Kier alpha value is -1.24. The molecule has 0 spiro atoms. The fourth-order valence-electron chi connectivity index (χ4n) is 6.00. The van der Waals surface area contributed by atoms with Crippen LogP contribution >= 0.6 is 0 Å². The van der Waals surface area contributed by atoms with Gasteiger partial charge in [0.1, 0.15) is 12.4 Å². The van der Waals surface area contributed by atoms with Gasteiger partial charge in [-0.1, -0.05) is 32.1 Å². The average Bonchev–Trinajstić information content (AvgIpc) is 2.65. The first-order valence-corrected chi connectivity index (χ1v) is 10.6. The van der Waals surface area contributed by atoms with Gasteiger partial charge < -0.3 is 4.74 Å². The largest absolute Gasteiger partial charge is 0.490 e. The number of aryl methyl sites for hydroxylation is 1. The minimum atomic E-state index is 0.602. The van der Waals surface area contributed by atoms with Crippen molar-refractivity contribution in [2.24, 2.45) is 29.6 Å². The molecule has 136 valence electrons. The van der Waals surface area contributed by atoms with Gasteiger partial charge in [0.25, 0.3) is 0 Å². The second kappa shape index (κ2) is 7.56. The standard InChI is InChI=1S/C24H34O/c1-3-12-25-24-11-10-22-15-21(8-9-23(22)16-24)20-7-6-18-13-17(2)4-5-19(18)14-20/h3,10-11,16-21H,1,4-9,12-15H2,2H3. The number of hydrogen-bond acceptors (Lipinski definition) is 1. The quantitative estimate of drug-likeness (QED) is 0.593. The van der Waals surface area contributed by atoms with Crippen molar-refractivity contribution in [2.75, 3.05) is 6.61 Å². The smallest absolute Gasteiger partial charge is 0.120 e. The molecular formula is C24H34O. The third kappa shape index (κ3) is 3.81. The molecule has 4 rings (SSSR count). The lowest BCUT2D eigenvalue weighted by molar-refractivity contribution is 0.0757. The highest BCUT2D eigenvalue weighted by molar-refractivity contribution is 5.37. The van der Waals surface area contributed by atoms with Gasteiger partial charge in [0.05, 0.1) is 0 Å². The summed E-state index contributed by atoms with van der Waals surface area (Å²) in [6.07, 6.45) is 14.8. The molecule has 0 radical (unpaired) electrons. The minimum absolute atomic E-state index is 0.602. The van der Waals surface area contributed by atoms with Crippen LogP contribution in [-0.4, -0.2) is 6.61 Å². The van der Waals surface area contributed by atoms with E-state index < -0.39 is 0 Å². The Morgan fingerprint density at radius 1 is 0.960 bits per heavy atom. The van der Waals surface area contributed by atoms with Crippen molar-refractivity contribution < 1.29 is 4.74 Å². The van der Waals surface area contributed by atoms with Crippen molar-refractivity contribution in [1.82, 2.24) is 0 Å². The fraction of sp³-hybridized carbons (Fsp3) is 0.667. The molecule has 3 aliphatic carbocycles. The van der Waals surface area contributed by atoms with Crippen LogP contribution in [0.15, 0.2) is 30.9 Å². The monoisotopic (exact) mass is 338 g/mol. The molecule has 2 saturated carbocycles. The maximum atomic E-state index is 5.71. The molecule has 1 aromatic rings. The third-order valence-electron chi connectivity index (χ3n) is 7.39. The highest BCUT2D eigenvalue weighted by atomic mass is 16.5. The summed E-state index contributed by atoms with van der Waals surface area (Å²) in [5, 5.41) is 0. The van der Waals surface area contributed by atoms with Gasteiger partial charge in [-0.15, -0.1) is 0 Å². The van der Waals surface area contributed by atoms with Crippen LogP contribution in [0, 0.1) is 29.6 Å². The van der Waals surface area contributed by atoms with Gasteiger partial charge in [-0.05, 0) is 104 Å². The van der Waals surface area contributed by atoms with Crippen molar-refractivity contribution in [1.29, 1.82) is 0 Å². The molecule has 0 amide bonds. The van der Waals surface area contributed by atoms with E-state index in [4.69, 9.17) is 4.74 Å². The number of rotatable bonds is 4. The lowest BCUT2D eigenvalue weighted by Crippen LogP contribution is -2.34. The van der Waals surface area contributed by atoms with E-state index in [-0.39, 0.29) is 0 Å². The molecule has 0 heterocycles. The third-order valence-corrected chi connectivity index (χ3v) is 7.39. The zero-order chi connectivity index (χ0) is 17.2. The molecule has 1 nitrogen and oxygen atoms in total. The second-order valence-corrected chi connectivity index (χ2v) is 9.04. The van der Waals surface area contributed by atoms with Crippen molar-refractivity contribution in [3.8, 4) is 5.75 Å². The van der Waals surface area contributed by atoms with E-state index in [0.29, 0.717) is 6.61 Å². The van der Waals surface area contributed by atoms with E-state index >= 15 is 0 Å². The van der Waals surface area contributed by atoms with E-state index in [2.05, 4.69) is 31.7 Å². The van der Waals surface area contributed by atoms with E-state index in [1.54, 1.807) is 5.56 Å². The highest BCUT2D eigenvalue weighted by Crippen LogP contribution is 2.48. The predicted molar refractivity (Wildman–Crippen MR) is 105 cm³/mol. The summed E-state index contributed by atoms with van der Waals surface area (Å²) in [6.45, 7) is 6.80. The van der Waals surface area contributed by atoms with Gasteiger partial charge in [-0.25, -0.2) is 0 Å². The highest BCUT2D eigenvalue weighted by Gasteiger charge is 2.37. The molecule has 5 unspecified atom stereocenters. The van der Waals surface area contributed by atoms with Crippen LogP contribution in [0.3, 0.4) is 0 Å². The normalized spacial score (nSPS) is 34.7. The Labute approximate surface area is 153 Å². The Kier molecular flexibility index (Phi) is 5.20. The van der Waals surface area contributed by atoms with Crippen molar-refractivity contribution in [3.63, 3.8) is 0 Å². The number of ether oxygens (including phenoxy) is 1. The summed E-state index contributed by atoms with van der Waals surface area (Å²) < 4.78 is 5.71. The number of fused-ring (bicyclic) bond motifs is 2. The second-order valence-electron chi connectivity index (χ2n) is 9.04. The Bertz CT molecular complexity index is 604. The van der Waals surface area contributed by atoms with Crippen LogP contribution in [0.4, 0.5) is 0 Å². The molecule has 1 heteroatoms. The maximum absolute atomic E-state index is 5.71. The molecular weight excluding hydrogens is 304 g/mol. The van der Waals surface area contributed by atoms with Crippen molar-refractivity contribution in [3.05, 3.63) is 42.0 Å². The lowest BCUT2D eigenvalue weighted by atomic mass is 9.61. The molecule has 0 saturated heterocycles.